The average Bonchev–Trinajstić information content (AvgIpc) is 2.39. The van der Waals surface area contributed by atoms with Gasteiger partial charge in [0.25, 0.3) is 0 Å². The number of nitrogens with one attached hydrogen (secondary N) is 1. The minimum Gasteiger partial charge on any atom is -0.480 e. The molecule has 0 bridgehead atoms. The van der Waals surface area contributed by atoms with Gasteiger partial charge in [0, 0.05) is 6.54 Å². The van der Waals surface area contributed by atoms with E-state index in [4.69, 9.17) is 5.11 Å². The van der Waals surface area contributed by atoms with Crippen LogP contribution in [-0.2, 0) is 9.59 Å². The topological polar surface area (TPSA) is 69.6 Å². The van der Waals surface area contributed by atoms with E-state index in [1.54, 1.807) is 14.0 Å². The van der Waals surface area contributed by atoms with Gasteiger partial charge in [-0.15, -0.1) is 0 Å². The molecule has 0 unspecified atom stereocenters. The lowest BCUT2D eigenvalue weighted by Gasteiger charge is -2.27. The minimum atomic E-state index is -0.944. The second-order valence-electron chi connectivity index (χ2n) is 3.88. The average molecular weight is 214 g/mol. The van der Waals surface area contributed by atoms with Crippen LogP contribution in [-0.4, -0.2) is 47.6 Å². The Bertz CT molecular complexity index is 255. The highest BCUT2D eigenvalue weighted by molar-refractivity contribution is 5.87. The van der Waals surface area contributed by atoms with Gasteiger partial charge in [0.05, 0.1) is 6.04 Å². The molecule has 5 heteroatoms. The summed E-state index contributed by atoms with van der Waals surface area (Å²) < 4.78 is 0. The van der Waals surface area contributed by atoms with Crippen molar-refractivity contribution in [2.24, 2.45) is 0 Å². The van der Waals surface area contributed by atoms with Crippen molar-refractivity contribution in [3.8, 4) is 0 Å². The van der Waals surface area contributed by atoms with E-state index in [9.17, 15) is 9.59 Å². The maximum Gasteiger partial charge on any atom is 0.326 e. The van der Waals surface area contributed by atoms with E-state index in [-0.39, 0.29) is 11.9 Å². The molecule has 0 spiro atoms. The first-order valence-corrected chi connectivity index (χ1v) is 5.28. The van der Waals surface area contributed by atoms with Gasteiger partial charge in [0.2, 0.25) is 5.91 Å². The number of hydrogen-bond donors (Lipinski definition) is 2. The highest BCUT2D eigenvalue weighted by Crippen LogP contribution is 2.14. The van der Waals surface area contributed by atoms with Crippen molar-refractivity contribution in [3.05, 3.63) is 0 Å². The molecule has 1 aliphatic rings. The number of amides is 1. The summed E-state index contributed by atoms with van der Waals surface area (Å²) in [6.45, 7) is 2.10. The normalized spacial score (nSPS) is 24.8. The number of carboxylic acids is 1. The van der Waals surface area contributed by atoms with Crippen LogP contribution in [0.15, 0.2) is 0 Å². The molecule has 0 radical (unpaired) electrons. The molecule has 0 aliphatic carbocycles. The van der Waals surface area contributed by atoms with Crippen LogP contribution >= 0.6 is 0 Å². The number of hydrogen-bond acceptors (Lipinski definition) is 3. The number of nitrogens with zero attached hydrogens (tertiary/aromatic N) is 1. The molecule has 86 valence electrons. The lowest BCUT2D eigenvalue weighted by molar-refractivity contribution is -0.149. The molecular formula is C10H18N2O3. The first-order valence-electron chi connectivity index (χ1n) is 5.28. The molecule has 1 aliphatic heterocycles. The monoisotopic (exact) mass is 214 g/mol. The smallest absolute Gasteiger partial charge is 0.326 e. The Morgan fingerprint density at radius 3 is 2.80 bits per heavy atom. The van der Waals surface area contributed by atoms with Gasteiger partial charge in [-0.25, -0.2) is 4.79 Å². The first kappa shape index (κ1) is 12.0. The summed E-state index contributed by atoms with van der Waals surface area (Å²) in [5.41, 5.74) is 0. The molecule has 1 saturated heterocycles. The van der Waals surface area contributed by atoms with Crippen molar-refractivity contribution in [3.63, 3.8) is 0 Å². The summed E-state index contributed by atoms with van der Waals surface area (Å²) in [4.78, 5) is 24.2. The standard InChI is InChI=1S/C10H18N2O3/c1-7(10(14)15)12-6-4-3-5-8(11-2)9(12)13/h7-8,11H,3-6H2,1-2H3,(H,14,15)/t7-,8-/m0/s1. The van der Waals surface area contributed by atoms with E-state index < -0.39 is 12.0 Å². The van der Waals surface area contributed by atoms with Gasteiger partial charge in [-0.1, -0.05) is 0 Å². The molecule has 1 amide bonds. The van der Waals surface area contributed by atoms with Crippen LogP contribution in [0, 0.1) is 0 Å². The molecular weight excluding hydrogens is 196 g/mol. The fourth-order valence-corrected chi connectivity index (χ4v) is 1.85. The molecule has 15 heavy (non-hydrogen) atoms. The van der Waals surface area contributed by atoms with Crippen LogP contribution in [0.5, 0.6) is 0 Å². The van der Waals surface area contributed by atoms with Crippen LogP contribution in [0.1, 0.15) is 26.2 Å². The third-order valence-electron chi connectivity index (χ3n) is 2.90. The molecule has 0 aromatic rings. The highest BCUT2D eigenvalue weighted by atomic mass is 16.4. The van der Waals surface area contributed by atoms with Crippen LogP contribution in [0.3, 0.4) is 0 Å². The van der Waals surface area contributed by atoms with Gasteiger partial charge >= 0.3 is 5.97 Å². The van der Waals surface area contributed by atoms with Crippen molar-refractivity contribution in [1.29, 1.82) is 0 Å². The van der Waals surface area contributed by atoms with Gasteiger partial charge in [-0.3, -0.25) is 4.79 Å². The lowest BCUT2D eigenvalue weighted by Crippen LogP contribution is -2.50. The zero-order valence-corrected chi connectivity index (χ0v) is 9.19. The van der Waals surface area contributed by atoms with Crippen LogP contribution in [0.4, 0.5) is 0 Å². The largest absolute Gasteiger partial charge is 0.480 e. The predicted molar refractivity (Wildman–Crippen MR) is 55.5 cm³/mol. The zero-order valence-electron chi connectivity index (χ0n) is 9.19. The molecule has 1 rings (SSSR count). The Kier molecular flexibility index (Phi) is 4.08. The number of carbonyl (C=O) groups is 2. The van der Waals surface area contributed by atoms with E-state index >= 15 is 0 Å². The van der Waals surface area contributed by atoms with Crippen molar-refractivity contribution in [1.82, 2.24) is 10.2 Å². The molecule has 2 N–H and O–H groups in total. The van der Waals surface area contributed by atoms with Crippen LogP contribution < -0.4 is 5.32 Å². The summed E-state index contributed by atoms with van der Waals surface area (Å²) in [6, 6.07) is -0.958. The zero-order chi connectivity index (χ0) is 11.4. The Labute approximate surface area is 89.4 Å². The van der Waals surface area contributed by atoms with Gasteiger partial charge < -0.3 is 15.3 Å². The van der Waals surface area contributed by atoms with Gasteiger partial charge in [0.1, 0.15) is 6.04 Å². The fraction of sp³-hybridized carbons (Fsp3) is 0.800. The lowest BCUT2D eigenvalue weighted by atomic mass is 10.1. The van der Waals surface area contributed by atoms with Gasteiger partial charge in [0.15, 0.2) is 0 Å². The van der Waals surface area contributed by atoms with Gasteiger partial charge in [-0.05, 0) is 33.2 Å². The number of likely N-dealkylation sites (N-methyl/N-ethyl adjacent to an activating group) is 1. The Balaban J connectivity index is 2.77. The van der Waals surface area contributed by atoms with E-state index in [0.29, 0.717) is 6.54 Å². The molecule has 1 fully saturated rings. The van der Waals surface area contributed by atoms with Crippen molar-refractivity contribution < 1.29 is 14.7 Å². The highest BCUT2D eigenvalue weighted by Gasteiger charge is 2.31. The second kappa shape index (κ2) is 5.11. The quantitative estimate of drug-likeness (QED) is 0.697. The van der Waals surface area contributed by atoms with Crippen LogP contribution in [0.2, 0.25) is 0 Å². The number of rotatable bonds is 3. The third-order valence-corrected chi connectivity index (χ3v) is 2.90. The molecule has 5 nitrogen and oxygen atoms in total. The number of carboxylic acid groups (broad SMARTS) is 1. The van der Waals surface area contributed by atoms with E-state index in [1.165, 1.54) is 4.90 Å². The summed E-state index contributed by atoms with van der Waals surface area (Å²) in [6.07, 6.45) is 2.62. The van der Waals surface area contributed by atoms with Crippen molar-refractivity contribution in [2.45, 2.75) is 38.3 Å². The molecule has 0 saturated carbocycles. The van der Waals surface area contributed by atoms with Crippen LogP contribution in [0.25, 0.3) is 0 Å². The first-order chi connectivity index (χ1) is 7.07. The van der Waals surface area contributed by atoms with Gasteiger partial charge in [-0.2, -0.15) is 0 Å². The Morgan fingerprint density at radius 2 is 2.27 bits per heavy atom. The molecule has 2 atom stereocenters. The maximum atomic E-state index is 11.9. The molecule has 0 aromatic carbocycles. The van der Waals surface area contributed by atoms with E-state index in [2.05, 4.69) is 5.32 Å². The SMILES string of the molecule is CN[C@H]1CCCCN([C@@H](C)C(=O)O)C1=O. The molecule has 1 heterocycles. The van der Waals surface area contributed by atoms with E-state index in [1.807, 2.05) is 0 Å². The summed E-state index contributed by atoms with van der Waals surface area (Å²) in [5.74, 6) is -1.04. The summed E-state index contributed by atoms with van der Waals surface area (Å²) in [7, 11) is 1.73. The number of carbonyl (C=O) groups excluding carboxylic acids is 1. The fourth-order valence-electron chi connectivity index (χ4n) is 1.85. The van der Waals surface area contributed by atoms with Crippen molar-refractivity contribution in [2.75, 3.05) is 13.6 Å². The third kappa shape index (κ3) is 2.68. The number of aliphatic carboxylic acids is 1. The Morgan fingerprint density at radius 1 is 1.60 bits per heavy atom. The van der Waals surface area contributed by atoms with E-state index in [0.717, 1.165) is 19.3 Å². The maximum absolute atomic E-state index is 11.9. The second-order valence-corrected chi connectivity index (χ2v) is 3.88. The predicted octanol–water partition coefficient (Wildman–Crippen LogP) is 0.0600. The summed E-state index contributed by atoms with van der Waals surface area (Å²) in [5, 5.41) is 11.8. The minimum absolute atomic E-state index is 0.0927. The summed E-state index contributed by atoms with van der Waals surface area (Å²) >= 11 is 0. The van der Waals surface area contributed by atoms with Crippen molar-refractivity contribution >= 4 is 11.9 Å². The Hall–Kier alpha value is -1.10. The molecule has 0 aromatic heterocycles. The number of likely N-dealkylation sites (tertiary alicyclic amines) is 1.